The second kappa shape index (κ2) is 4.05. The van der Waals surface area contributed by atoms with Crippen molar-refractivity contribution in [2.75, 3.05) is 13.6 Å². The quantitative estimate of drug-likeness (QED) is 0.789. The maximum absolute atomic E-state index is 13.5. The average Bonchev–Trinajstić information content (AvgIpc) is 2.09. The van der Waals surface area contributed by atoms with E-state index in [-0.39, 0.29) is 12.1 Å². The predicted molar refractivity (Wildman–Crippen MR) is 53.7 cm³/mol. The molecule has 0 atom stereocenters. The molecule has 3 heteroatoms. The molecule has 0 saturated carbocycles. The first-order chi connectivity index (χ1) is 6.47. The smallest absolute Gasteiger partial charge is 0.285 e. The van der Waals surface area contributed by atoms with Gasteiger partial charge in [0, 0.05) is 5.56 Å². The monoisotopic (exact) mass is 199 g/mol. The lowest BCUT2D eigenvalue weighted by Crippen LogP contribution is -2.28. The number of halogens is 2. The second-order valence-corrected chi connectivity index (χ2v) is 3.55. The molecule has 1 N–H and O–H groups in total. The molecule has 14 heavy (non-hydrogen) atoms. The Morgan fingerprint density at radius 3 is 2.50 bits per heavy atom. The second-order valence-electron chi connectivity index (χ2n) is 3.55. The SMILES string of the molecule is CNCC(F)(F)c1cc(C)ccc1C. The lowest BCUT2D eigenvalue weighted by atomic mass is 10.00. The Kier molecular flexibility index (Phi) is 3.21. The maximum Gasteiger partial charge on any atom is 0.285 e. The van der Waals surface area contributed by atoms with Crippen molar-refractivity contribution in [3.63, 3.8) is 0 Å². The van der Waals surface area contributed by atoms with Gasteiger partial charge in [0.15, 0.2) is 0 Å². The van der Waals surface area contributed by atoms with Gasteiger partial charge in [-0.2, -0.15) is 8.78 Å². The van der Waals surface area contributed by atoms with E-state index in [9.17, 15) is 8.78 Å². The fourth-order valence-electron chi connectivity index (χ4n) is 1.45. The van der Waals surface area contributed by atoms with Crippen molar-refractivity contribution in [3.8, 4) is 0 Å². The van der Waals surface area contributed by atoms with E-state index in [0.717, 1.165) is 5.56 Å². The van der Waals surface area contributed by atoms with Crippen LogP contribution in [0.15, 0.2) is 18.2 Å². The molecule has 0 bridgehead atoms. The summed E-state index contributed by atoms with van der Waals surface area (Å²) in [6.07, 6.45) is 0. The first-order valence-electron chi connectivity index (χ1n) is 4.57. The van der Waals surface area contributed by atoms with Gasteiger partial charge in [-0.1, -0.05) is 17.7 Å². The first kappa shape index (κ1) is 11.1. The number of alkyl halides is 2. The summed E-state index contributed by atoms with van der Waals surface area (Å²) < 4.78 is 27.1. The van der Waals surface area contributed by atoms with Gasteiger partial charge in [0.2, 0.25) is 0 Å². The van der Waals surface area contributed by atoms with E-state index in [2.05, 4.69) is 5.32 Å². The van der Waals surface area contributed by atoms with Crippen LogP contribution in [-0.2, 0) is 5.92 Å². The molecule has 0 amide bonds. The number of likely N-dealkylation sites (N-methyl/N-ethyl adjacent to an activating group) is 1. The molecule has 0 radical (unpaired) electrons. The third-order valence-electron chi connectivity index (χ3n) is 2.19. The molecule has 0 aliphatic rings. The number of hydrogen-bond acceptors (Lipinski definition) is 1. The molecule has 1 rings (SSSR count). The van der Waals surface area contributed by atoms with E-state index < -0.39 is 5.92 Å². The van der Waals surface area contributed by atoms with E-state index in [4.69, 9.17) is 0 Å². The predicted octanol–water partition coefficient (Wildman–Crippen LogP) is 2.61. The number of rotatable bonds is 3. The summed E-state index contributed by atoms with van der Waals surface area (Å²) in [6, 6.07) is 5.12. The van der Waals surface area contributed by atoms with Crippen LogP contribution in [0.25, 0.3) is 0 Å². The lowest BCUT2D eigenvalue weighted by molar-refractivity contribution is -0.00191. The van der Waals surface area contributed by atoms with Crippen LogP contribution < -0.4 is 5.32 Å². The van der Waals surface area contributed by atoms with Crippen molar-refractivity contribution in [1.82, 2.24) is 5.32 Å². The Balaban J connectivity index is 3.10. The summed E-state index contributed by atoms with van der Waals surface area (Å²) in [5.74, 6) is -2.79. The molecule has 1 aromatic carbocycles. The van der Waals surface area contributed by atoms with Crippen molar-refractivity contribution in [3.05, 3.63) is 34.9 Å². The van der Waals surface area contributed by atoms with E-state index in [1.165, 1.54) is 7.05 Å². The first-order valence-corrected chi connectivity index (χ1v) is 4.57. The number of aryl methyl sites for hydroxylation is 2. The largest absolute Gasteiger partial charge is 0.314 e. The zero-order valence-electron chi connectivity index (χ0n) is 8.70. The van der Waals surface area contributed by atoms with Crippen LogP contribution in [-0.4, -0.2) is 13.6 Å². The van der Waals surface area contributed by atoms with Crippen molar-refractivity contribution in [2.45, 2.75) is 19.8 Å². The van der Waals surface area contributed by atoms with Crippen molar-refractivity contribution < 1.29 is 8.78 Å². The molecule has 1 nitrogen and oxygen atoms in total. The zero-order chi connectivity index (χ0) is 10.8. The molecule has 0 aliphatic carbocycles. The van der Waals surface area contributed by atoms with Crippen molar-refractivity contribution in [2.24, 2.45) is 0 Å². The average molecular weight is 199 g/mol. The van der Waals surface area contributed by atoms with Gasteiger partial charge in [-0.15, -0.1) is 0 Å². The molecule has 0 unspecified atom stereocenters. The molecule has 1 aromatic rings. The lowest BCUT2D eigenvalue weighted by Gasteiger charge is -2.18. The topological polar surface area (TPSA) is 12.0 Å². The van der Waals surface area contributed by atoms with Gasteiger partial charge < -0.3 is 5.32 Å². The Labute approximate surface area is 83.1 Å². The third-order valence-corrected chi connectivity index (χ3v) is 2.19. The zero-order valence-corrected chi connectivity index (χ0v) is 8.70. The summed E-state index contributed by atoms with van der Waals surface area (Å²) in [6.45, 7) is 3.20. The van der Waals surface area contributed by atoms with Gasteiger partial charge in [0.1, 0.15) is 0 Å². The van der Waals surface area contributed by atoms with Gasteiger partial charge in [-0.05, 0) is 32.5 Å². The molecule has 0 aliphatic heterocycles. The van der Waals surface area contributed by atoms with Crippen LogP contribution in [0.1, 0.15) is 16.7 Å². The number of benzene rings is 1. The highest BCUT2D eigenvalue weighted by molar-refractivity contribution is 5.33. The Morgan fingerprint density at radius 2 is 1.93 bits per heavy atom. The maximum atomic E-state index is 13.5. The molecule has 0 spiro atoms. The number of hydrogen-bond donors (Lipinski definition) is 1. The fourth-order valence-corrected chi connectivity index (χ4v) is 1.45. The fraction of sp³-hybridized carbons (Fsp3) is 0.455. The molecule has 0 aromatic heterocycles. The van der Waals surface area contributed by atoms with E-state index in [1.54, 1.807) is 19.1 Å². The summed E-state index contributed by atoms with van der Waals surface area (Å²) >= 11 is 0. The minimum atomic E-state index is -2.79. The Bertz CT molecular complexity index is 321. The van der Waals surface area contributed by atoms with E-state index in [1.807, 2.05) is 13.0 Å². The van der Waals surface area contributed by atoms with Crippen LogP contribution in [0, 0.1) is 13.8 Å². The van der Waals surface area contributed by atoms with E-state index >= 15 is 0 Å². The molecular weight excluding hydrogens is 184 g/mol. The van der Waals surface area contributed by atoms with Crippen LogP contribution >= 0.6 is 0 Å². The minimum absolute atomic E-state index is 0.117. The molecular formula is C11H15F2N. The Morgan fingerprint density at radius 1 is 1.29 bits per heavy atom. The summed E-state index contributed by atoms with van der Waals surface area (Å²) in [7, 11) is 1.53. The third kappa shape index (κ3) is 2.29. The van der Waals surface area contributed by atoms with Crippen LogP contribution in [0.5, 0.6) is 0 Å². The summed E-state index contributed by atoms with van der Waals surface area (Å²) in [5, 5.41) is 2.50. The highest BCUT2D eigenvalue weighted by atomic mass is 19.3. The van der Waals surface area contributed by atoms with Gasteiger partial charge in [-0.3, -0.25) is 0 Å². The standard InChI is InChI=1S/C11H15F2N/c1-8-4-5-9(2)10(6-8)11(12,13)7-14-3/h4-6,14H,7H2,1-3H3. The molecule has 78 valence electrons. The minimum Gasteiger partial charge on any atom is -0.314 e. The van der Waals surface area contributed by atoms with Crippen LogP contribution in [0.2, 0.25) is 0 Å². The van der Waals surface area contributed by atoms with Gasteiger partial charge in [0.05, 0.1) is 6.54 Å². The van der Waals surface area contributed by atoms with Crippen molar-refractivity contribution in [1.29, 1.82) is 0 Å². The van der Waals surface area contributed by atoms with Crippen LogP contribution in [0.3, 0.4) is 0 Å². The van der Waals surface area contributed by atoms with E-state index in [0.29, 0.717) is 5.56 Å². The molecule has 0 heterocycles. The summed E-state index contributed by atoms with van der Waals surface area (Å²) in [5.41, 5.74) is 1.61. The number of nitrogens with one attached hydrogen (secondary N) is 1. The highest BCUT2D eigenvalue weighted by Crippen LogP contribution is 2.30. The summed E-state index contributed by atoms with van der Waals surface area (Å²) in [4.78, 5) is 0. The highest BCUT2D eigenvalue weighted by Gasteiger charge is 2.31. The van der Waals surface area contributed by atoms with Gasteiger partial charge in [0.25, 0.3) is 5.92 Å². The van der Waals surface area contributed by atoms with Gasteiger partial charge >= 0.3 is 0 Å². The van der Waals surface area contributed by atoms with Crippen LogP contribution in [0.4, 0.5) is 8.78 Å². The molecule has 0 fully saturated rings. The Hall–Kier alpha value is -0.960. The molecule has 0 saturated heterocycles. The van der Waals surface area contributed by atoms with Gasteiger partial charge in [-0.25, -0.2) is 0 Å². The van der Waals surface area contributed by atoms with Crippen molar-refractivity contribution >= 4 is 0 Å². The normalized spacial score (nSPS) is 11.8.